The Morgan fingerprint density at radius 1 is 0.853 bits per heavy atom. The van der Waals surface area contributed by atoms with Crippen molar-refractivity contribution >= 4 is 29.1 Å². The summed E-state index contributed by atoms with van der Waals surface area (Å²) in [6.07, 6.45) is 5.10. The molecule has 2 bridgehead atoms. The van der Waals surface area contributed by atoms with E-state index in [-0.39, 0.29) is 41.4 Å². The minimum absolute atomic E-state index is 0.0523. The van der Waals surface area contributed by atoms with Crippen molar-refractivity contribution in [2.75, 3.05) is 36.0 Å². The monoisotopic (exact) mass is 455 g/mol. The summed E-state index contributed by atoms with van der Waals surface area (Å²) in [6.45, 7) is 7.09. The maximum Gasteiger partial charge on any atom is 0.254 e. The number of imide groups is 1. The molecule has 2 aromatic carbocycles. The lowest BCUT2D eigenvalue weighted by Gasteiger charge is -2.37. The number of carbonyl (C=O) groups excluding carboxylic acids is 3. The Kier molecular flexibility index (Phi) is 4.87. The van der Waals surface area contributed by atoms with Crippen LogP contribution in [0, 0.1) is 37.5 Å². The number of fused-ring (bicyclic) bond motifs is 5. The van der Waals surface area contributed by atoms with Crippen molar-refractivity contribution in [2.24, 2.45) is 23.7 Å². The number of rotatable bonds is 3. The van der Waals surface area contributed by atoms with E-state index in [0.29, 0.717) is 24.3 Å². The van der Waals surface area contributed by atoms with Gasteiger partial charge in [0, 0.05) is 37.4 Å². The maximum atomic E-state index is 13.3. The first-order valence-corrected chi connectivity index (χ1v) is 12.2. The summed E-state index contributed by atoms with van der Waals surface area (Å²) in [6, 6.07) is 13.4. The van der Waals surface area contributed by atoms with Crippen molar-refractivity contribution in [3.8, 4) is 0 Å². The second kappa shape index (κ2) is 7.83. The van der Waals surface area contributed by atoms with Gasteiger partial charge in [-0.05, 0) is 67.5 Å². The topological polar surface area (TPSA) is 60.9 Å². The van der Waals surface area contributed by atoms with Crippen molar-refractivity contribution in [1.82, 2.24) is 4.90 Å². The molecule has 6 nitrogen and oxygen atoms in total. The van der Waals surface area contributed by atoms with Gasteiger partial charge in [-0.2, -0.15) is 0 Å². The molecule has 6 rings (SSSR count). The van der Waals surface area contributed by atoms with Gasteiger partial charge in [0.15, 0.2) is 0 Å². The molecule has 174 valence electrons. The van der Waals surface area contributed by atoms with Crippen LogP contribution in [0.15, 0.2) is 54.6 Å². The predicted molar refractivity (Wildman–Crippen MR) is 131 cm³/mol. The number of piperazine rings is 1. The van der Waals surface area contributed by atoms with E-state index in [1.807, 2.05) is 4.90 Å². The molecule has 4 atom stereocenters. The molecule has 0 aromatic heterocycles. The van der Waals surface area contributed by atoms with E-state index in [4.69, 9.17) is 0 Å². The first-order chi connectivity index (χ1) is 16.4. The zero-order valence-corrected chi connectivity index (χ0v) is 19.6. The normalized spacial score (nSPS) is 27.6. The van der Waals surface area contributed by atoms with Gasteiger partial charge in [-0.1, -0.05) is 30.4 Å². The van der Waals surface area contributed by atoms with Crippen LogP contribution in [-0.2, 0) is 9.59 Å². The van der Waals surface area contributed by atoms with Crippen LogP contribution in [0.25, 0.3) is 0 Å². The molecular formula is C28H29N3O3. The van der Waals surface area contributed by atoms with E-state index >= 15 is 0 Å². The summed E-state index contributed by atoms with van der Waals surface area (Å²) in [5, 5.41) is 0. The number of aryl methyl sites for hydroxylation is 1. The second-order valence-corrected chi connectivity index (χ2v) is 10.1. The Hall–Kier alpha value is -3.41. The fourth-order valence-corrected chi connectivity index (χ4v) is 6.35. The molecule has 2 aromatic rings. The molecule has 3 fully saturated rings. The van der Waals surface area contributed by atoms with E-state index in [2.05, 4.69) is 49.1 Å². The zero-order chi connectivity index (χ0) is 23.6. The Bertz CT molecular complexity index is 1200. The number of hydrogen-bond donors (Lipinski definition) is 0. The number of amides is 3. The van der Waals surface area contributed by atoms with Gasteiger partial charge in [-0.3, -0.25) is 14.4 Å². The molecule has 34 heavy (non-hydrogen) atoms. The van der Waals surface area contributed by atoms with Crippen molar-refractivity contribution in [1.29, 1.82) is 0 Å². The fourth-order valence-electron chi connectivity index (χ4n) is 6.35. The van der Waals surface area contributed by atoms with Crippen molar-refractivity contribution in [3.05, 3.63) is 71.3 Å². The van der Waals surface area contributed by atoms with Crippen LogP contribution in [0.3, 0.4) is 0 Å². The lowest BCUT2D eigenvalue weighted by Crippen LogP contribution is -2.49. The molecule has 2 saturated heterocycles. The minimum Gasteiger partial charge on any atom is -0.368 e. The summed E-state index contributed by atoms with van der Waals surface area (Å²) in [4.78, 5) is 45.2. The number of hydrogen-bond acceptors (Lipinski definition) is 4. The molecular weight excluding hydrogens is 426 g/mol. The number of anilines is 2. The van der Waals surface area contributed by atoms with Gasteiger partial charge < -0.3 is 9.80 Å². The highest BCUT2D eigenvalue weighted by atomic mass is 16.2. The van der Waals surface area contributed by atoms with E-state index < -0.39 is 0 Å². The standard InChI is InChI=1S/C28H29N3O3/c1-17-5-3-8-23(18(17)2)29-11-13-30(14-12-29)26(32)21-6-4-7-22(16-21)31-27(33)24-19-9-10-20(15-19)25(24)28(31)34/h3-10,16,19-20,24-25H,11-15H2,1-2H3/t19-,20-,24-,25-/m0/s1. The first kappa shape index (κ1) is 21.1. The number of carbonyl (C=O) groups is 3. The number of benzene rings is 2. The molecule has 2 aliphatic carbocycles. The van der Waals surface area contributed by atoms with Crippen LogP contribution in [0.1, 0.15) is 27.9 Å². The molecule has 1 saturated carbocycles. The average Bonchev–Trinajstić information content (AvgIpc) is 3.54. The highest BCUT2D eigenvalue weighted by Gasteiger charge is 2.59. The minimum atomic E-state index is -0.236. The third kappa shape index (κ3) is 3.11. The Morgan fingerprint density at radius 2 is 1.50 bits per heavy atom. The summed E-state index contributed by atoms with van der Waals surface area (Å²) in [5.41, 5.74) is 4.82. The number of nitrogens with zero attached hydrogens (tertiary/aromatic N) is 3. The highest BCUT2D eigenvalue weighted by Crippen LogP contribution is 2.53. The van der Waals surface area contributed by atoms with Crippen molar-refractivity contribution in [3.63, 3.8) is 0 Å². The lowest BCUT2D eigenvalue weighted by atomic mass is 9.85. The van der Waals surface area contributed by atoms with E-state index in [1.54, 1.807) is 24.3 Å². The van der Waals surface area contributed by atoms with Gasteiger partial charge in [0.2, 0.25) is 11.8 Å². The zero-order valence-electron chi connectivity index (χ0n) is 19.6. The third-order valence-corrected chi connectivity index (χ3v) is 8.31. The van der Waals surface area contributed by atoms with Crippen LogP contribution in [0.4, 0.5) is 11.4 Å². The second-order valence-electron chi connectivity index (χ2n) is 10.1. The Labute approximate surface area is 199 Å². The summed E-state index contributed by atoms with van der Waals surface area (Å²) >= 11 is 0. The molecule has 6 heteroatoms. The van der Waals surface area contributed by atoms with Crippen LogP contribution in [0.2, 0.25) is 0 Å². The molecule has 0 N–H and O–H groups in total. The highest BCUT2D eigenvalue weighted by molar-refractivity contribution is 6.23. The first-order valence-electron chi connectivity index (χ1n) is 12.2. The van der Waals surface area contributed by atoms with Crippen molar-refractivity contribution in [2.45, 2.75) is 20.3 Å². The van der Waals surface area contributed by atoms with Gasteiger partial charge in [0.05, 0.1) is 17.5 Å². The quantitative estimate of drug-likeness (QED) is 0.524. The summed E-state index contributed by atoms with van der Waals surface area (Å²) < 4.78 is 0. The average molecular weight is 456 g/mol. The lowest BCUT2D eigenvalue weighted by molar-refractivity contribution is -0.123. The van der Waals surface area contributed by atoms with Gasteiger partial charge in [-0.15, -0.1) is 0 Å². The third-order valence-electron chi connectivity index (χ3n) is 8.31. The van der Waals surface area contributed by atoms with Crippen LogP contribution in [0.5, 0.6) is 0 Å². The van der Waals surface area contributed by atoms with Gasteiger partial charge in [0.1, 0.15) is 0 Å². The fraction of sp³-hybridized carbons (Fsp3) is 0.393. The molecule has 3 amide bonds. The largest absolute Gasteiger partial charge is 0.368 e. The van der Waals surface area contributed by atoms with E-state index in [9.17, 15) is 14.4 Å². The van der Waals surface area contributed by atoms with Gasteiger partial charge in [-0.25, -0.2) is 4.90 Å². The summed E-state index contributed by atoms with van der Waals surface area (Å²) in [7, 11) is 0. The summed E-state index contributed by atoms with van der Waals surface area (Å²) in [5.74, 6) is -0.398. The van der Waals surface area contributed by atoms with E-state index in [0.717, 1.165) is 19.5 Å². The maximum absolute atomic E-state index is 13.3. The molecule has 0 radical (unpaired) electrons. The van der Waals surface area contributed by atoms with Gasteiger partial charge in [0.25, 0.3) is 5.91 Å². The SMILES string of the molecule is Cc1cccc(N2CCN(C(=O)c3cccc(N4C(=O)[C@@H]5[C@@H](C4=O)[C@H]4C=C[C@H]5C4)c3)CC2)c1C. The van der Waals surface area contributed by atoms with E-state index in [1.165, 1.54) is 21.7 Å². The van der Waals surface area contributed by atoms with Crippen LogP contribution >= 0.6 is 0 Å². The molecule has 2 heterocycles. The van der Waals surface area contributed by atoms with Crippen LogP contribution < -0.4 is 9.80 Å². The molecule has 2 aliphatic heterocycles. The molecule has 0 spiro atoms. The number of allylic oxidation sites excluding steroid dienone is 2. The Morgan fingerprint density at radius 3 is 2.18 bits per heavy atom. The van der Waals surface area contributed by atoms with Crippen LogP contribution in [-0.4, -0.2) is 48.8 Å². The smallest absolute Gasteiger partial charge is 0.254 e. The predicted octanol–water partition coefficient (Wildman–Crippen LogP) is 3.58. The Balaban J connectivity index is 1.17. The molecule has 0 unspecified atom stereocenters. The molecule has 4 aliphatic rings. The van der Waals surface area contributed by atoms with Crippen molar-refractivity contribution < 1.29 is 14.4 Å². The van der Waals surface area contributed by atoms with Gasteiger partial charge >= 0.3 is 0 Å².